The normalized spacial score (nSPS) is 11.9. The standard InChI is InChI=1S/C16H17NO4/c1-21-14-4-2-3-13(18)15(14)11-7-5-10(6-8-11)9-12(17)16(19)20/h2-8,12,18H,9,17H2,1H3,(H,19,20)/t12-/m0/s1. The molecule has 0 spiro atoms. The third-order valence-electron chi connectivity index (χ3n) is 3.24. The molecule has 0 aromatic heterocycles. The lowest BCUT2D eigenvalue weighted by molar-refractivity contribution is -0.138. The number of carboxylic acid groups (broad SMARTS) is 1. The maximum Gasteiger partial charge on any atom is 0.320 e. The highest BCUT2D eigenvalue weighted by atomic mass is 16.5. The number of methoxy groups -OCH3 is 1. The number of carbonyl (C=O) groups is 1. The molecule has 0 heterocycles. The summed E-state index contributed by atoms with van der Waals surface area (Å²) in [6.45, 7) is 0. The predicted molar refractivity (Wildman–Crippen MR) is 79.4 cm³/mol. The van der Waals surface area contributed by atoms with Crippen molar-refractivity contribution in [3.05, 3.63) is 48.0 Å². The maximum atomic E-state index is 10.7. The van der Waals surface area contributed by atoms with Crippen LogP contribution in [-0.4, -0.2) is 29.3 Å². The number of carboxylic acids is 1. The summed E-state index contributed by atoms with van der Waals surface area (Å²) in [5, 5.41) is 18.8. The fourth-order valence-electron chi connectivity index (χ4n) is 2.13. The summed E-state index contributed by atoms with van der Waals surface area (Å²) in [7, 11) is 1.54. The zero-order valence-electron chi connectivity index (χ0n) is 11.6. The monoisotopic (exact) mass is 287 g/mol. The summed E-state index contributed by atoms with van der Waals surface area (Å²) in [6, 6.07) is 11.3. The molecule has 4 N–H and O–H groups in total. The van der Waals surface area contributed by atoms with Crippen LogP contribution in [-0.2, 0) is 11.2 Å². The van der Waals surface area contributed by atoms with Gasteiger partial charge in [-0.15, -0.1) is 0 Å². The minimum Gasteiger partial charge on any atom is -0.507 e. The molecule has 2 rings (SSSR count). The molecule has 0 aliphatic carbocycles. The molecule has 5 heteroatoms. The molecule has 2 aromatic rings. The molecule has 0 unspecified atom stereocenters. The van der Waals surface area contributed by atoms with Gasteiger partial charge < -0.3 is 20.7 Å². The van der Waals surface area contributed by atoms with Crippen LogP contribution in [0.1, 0.15) is 5.56 Å². The van der Waals surface area contributed by atoms with Gasteiger partial charge in [-0.3, -0.25) is 4.79 Å². The van der Waals surface area contributed by atoms with Crippen LogP contribution in [0, 0.1) is 0 Å². The van der Waals surface area contributed by atoms with Crippen LogP contribution >= 0.6 is 0 Å². The van der Waals surface area contributed by atoms with Crippen LogP contribution < -0.4 is 10.5 Å². The van der Waals surface area contributed by atoms with Crippen molar-refractivity contribution in [2.24, 2.45) is 5.73 Å². The molecule has 0 aliphatic rings. The number of rotatable bonds is 5. The molecule has 0 radical (unpaired) electrons. The smallest absolute Gasteiger partial charge is 0.320 e. The zero-order valence-corrected chi connectivity index (χ0v) is 11.6. The molecule has 0 amide bonds. The van der Waals surface area contributed by atoms with Crippen molar-refractivity contribution in [1.82, 2.24) is 0 Å². The third-order valence-corrected chi connectivity index (χ3v) is 3.24. The Morgan fingerprint density at radius 2 is 1.90 bits per heavy atom. The first-order valence-electron chi connectivity index (χ1n) is 6.46. The molecule has 0 bridgehead atoms. The molecule has 110 valence electrons. The second-order valence-corrected chi connectivity index (χ2v) is 4.70. The van der Waals surface area contributed by atoms with Crippen LogP contribution in [0.5, 0.6) is 11.5 Å². The van der Waals surface area contributed by atoms with Gasteiger partial charge in [0.15, 0.2) is 0 Å². The van der Waals surface area contributed by atoms with E-state index in [0.29, 0.717) is 11.3 Å². The summed E-state index contributed by atoms with van der Waals surface area (Å²) < 4.78 is 5.25. The maximum absolute atomic E-state index is 10.7. The predicted octanol–water partition coefficient (Wildman–Crippen LogP) is 2.02. The lowest BCUT2D eigenvalue weighted by atomic mass is 9.99. The van der Waals surface area contributed by atoms with E-state index in [0.717, 1.165) is 11.1 Å². The number of nitrogens with two attached hydrogens (primary N) is 1. The second-order valence-electron chi connectivity index (χ2n) is 4.70. The van der Waals surface area contributed by atoms with Crippen molar-refractivity contribution < 1.29 is 19.7 Å². The van der Waals surface area contributed by atoms with Gasteiger partial charge in [-0.05, 0) is 29.7 Å². The number of aromatic hydroxyl groups is 1. The van der Waals surface area contributed by atoms with Gasteiger partial charge in [-0.2, -0.15) is 0 Å². The average molecular weight is 287 g/mol. The molecule has 0 fully saturated rings. The number of hydrogen-bond acceptors (Lipinski definition) is 4. The van der Waals surface area contributed by atoms with Gasteiger partial charge >= 0.3 is 5.97 Å². The van der Waals surface area contributed by atoms with E-state index in [1.54, 1.807) is 37.4 Å². The Kier molecular flexibility index (Phi) is 4.45. The van der Waals surface area contributed by atoms with Gasteiger partial charge in [0.05, 0.1) is 12.7 Å². The molecule has 21 heavy (non-hydrogen) atoms. The van der Waals surface area contributed by atoms with Crippen molar-refractivity contribution >= 4 is 5.97 Å². The van der Waals surface area contributed by atoms with Gasteiger partial charge in [-0.1, -0.05) is 30.3 Å². The first-order valence-corrected chi connectivity index (χ1v) is 6.46. The Morgan fingerprint density at radius 3 is 2.48 bits per heavy atom. The SMILES string of the molecule is COc1cccc(O)c1-c1ccc(C[C@H](N)C(=O)O)cc1. The lowest BCUT2D eigenvalue weighted by Gasteiger charge is -2.12. The Bertz CT molecular complexity index is 637. The molecular weight excluding hydrogens is 270 g/mol. The minimum absolute atomic E-state index is 0.129. The van der Waals surface area contributed by atoms with Gasteiger partial charge in [-0.25, -0.2) is 0 Å². The Balaban J connectivity index is 2.29. The van der Waals surface area contributed by atoms with Crippen LogP contribution in [0.3, 0.4) is 0 Å². The van der Waals surface area contributed by atoms with E-state index >= 15 is 0 Å². The molecule has 0 aliphatic heterocycles. The highest BCUT2D eigenvalue weighted by Crippen LogP contribution is 2.37. The highest BCUT2D eigenvalue weighted by molar-refractivity contribution is 5.77. The lowest BCUT2D eigenvalue weighted by Crippen LogP contribution is -2.32. The van der Waals surface area contributed by atoms with E-state index < -0.39 is 12.0 Å². The van der Waals surface area contributed by atoms with Crippen molar-refractivity contribution in [1.29, 1.82) is 0 Å². The van der Waals surface area contributed by atoms with Crippen LogP contribution in [0.2, 0.25) is 0 Å². The summed E-state index contributed by atoms with van der Waals surface area (Å²) >= 11 is 0. The van der Waals surface area contributed by atoms with E-state index in [-0.39, 0.29) is 12.2 Å². The Labute approximate surface area is 122 Å². The zero-order chi connectivity index (χ0) is 15.4. The topological polar surface area (TPSA) is 92.8 Å². The summed E-state index contributed by atoms with van der Waals surface area (Å²) in [6.07, 6.45) is 0.257. The average Bonchev–Trinajstić information content (AvgIpc) is 2.47. The molecular formula is C16H17NO4. The molecule has 0 saturated heterocycles. The fourth-order valence-corrected chi connectivity index (χ4v) is 2.13. The number of phenolic OH excluding ortho intramolecular Hbond substituents is 1. The van der Waals surface area contributed by atoms with Crippen LogP contribution in [0.25, 0.3) is 11.1 Å². The summed E-state index contributed by atoms with van der Waals surface area (Å²) in [4.78, 5) is 10.7. The van der Waals surface area contributed by atoms with E-state index in [2.05, 4.69) is 0 Å². The number of aliphatic carboxylic acids is 1. The van der Waals surface area contributed by atoms with E-state index in [1.165, 1.54) is 0 Å². The highest BCUT2D eigenvalue weighted by Gasteiger charge is 2.14. The van der Waals surface area contributed by atoms with E-state index in [1.807, 2.05) is 12.1 Å². The first kappa shape index (κ1) is 14.9. The van der Waals surface area contributed by atoms with Crippen molar-refractivity contribution in [3.63, 3.8) is 0 Å². The van der Waals surface area contributed by atoms with E-state index in [4.69, 9.17) is 15.6 Å². The fraction of sp³-hybridized carbons (Fsp3) is 0.188. The van der Waals surface area contributed by atoms with Crippen LogP contribution in [0.4, 0.5) is 0 Å². The second kappa shape index (κ2) is 6.28. The largest absolute Gasteiger partial charge is 0.507 e. The number of ether oxygens (including phenoxy) is 1. The minimum atomic E-state index is -1.03. The third kappa shape index (κ3) is 3.32. The van der Waals surface area contributed by atoms with Gasteiger partial charge in [0.25, 0.3) is 0 Å². The molecule has 1 atom stereocenters. The Morgan fingerprint density at radius 1 is 1.24 bits per heavy atom. The summed E-state index contributed by atoms with van der Waals surface area (Å²) in [5.41, 5.74) is 7.73. The molecule has 5 nitrogen and oxygen atoms in total. The Hall–Kier alpha value is -2.53. The number of hydrogen-bond donors (Lipinski definition) is 3. The summed E-state index contributed by atoms with van der Waals surface area (Å²) in [5.74, 6) is -0.323. The number of phenols is 1. The van der Waals surface area contributed by atoms with Crippen molar-refractivity contribution in [2.45, 2.75) is 12.5 Å². The van der Waals surface area contributed by atoms with E-state index in [9.17, 15) is 9.90 Å². The molecule has 0 saturated carbocycles. The molecule has 2 aromatic carbocycles. The van der Waals surface area contributed by atoms with Gasteiger partial charge in [0.2, 0.25) is 0 Å². The van der Waals surface area contributed by atoms with Gasteiger partial charge in [0, 0.05) is 0 Å². The quantitative estimate of drug-likeness (QED) is 0.782. The number of benzene rings is 2. The van der Waals surface area contributed by atoms with Gasteiger partial charge in [0.1, 0.15) is 17.5 Å². The first-order chi connectivity index (χ1) is 10.0. The van der Waals surface area contributed by atoms with Crippen molar-refractivity contribution in [3.8, 4) is 22.6 Å². The van der Waals surface area contributed by atoms with Crippen molar-refractivity contribution in [2.75, 3.05) is 7.11 Å². The van der Waals surface area contributed by atoms with Crippen LogP contribution in [0.15, 0.2) is 42.5 Å².